The van der Waals surface area contributed by atoms with Crippen molar-refractivity contribution in [2.45, 2.75) is 50.5 Å². The number of hydrogen-bond acceptors (Lipinski definition) is 2. The van der Waals surface area contributed by atoms with Gasteiger partial charge in [0.2, 0.25) is 5.91 Å². The van der Waals surface area contributed by atoms with Crippen LogP contribution >= 0.6 is 11.6 Å². The second-order valence-corrected chi connectivity index (χ2v) is 7.79. The Kier molecular flexibility index (Phi) is 4.21. The van der Waals surface area contributed by atoms with Gasteiger partial charge in [-0.3, -0.25) is 4.79 Å². The predicted octanol–water partition coefficient (Wildman–Crippen LogP) is 3.36. The summed E-state index contributed by atoms with van der Waals surface area (Å²) in [7, 11) is 0. The van der Waals surface area contributed by atoms with Crippen LogP contribution in [-0.2, 0) is 10.2 Å². The van der Waals surface area contributed by atoms with Crippen LogP contribution in [0.5, 0.6) is 0 Å². The molecule has 1 amide bonds. The first-order valence-corrected chi connectivity index (χ1v) is 8.60. The zero-order chi connectivity index (χ0) is 15.8. The van der Waals surface area contributed by atoms with E-state index in [-0.39, 0.29) is 11.4 Å². The molecule has 1 saturated heterocycles. The van der Waals surface area contributed by atoms with Gasteiger partial charge in [-0.05, 0) is 70.3 Å². The van der Waals surface area contributed by atoms with Crippen molar-refractivity contribution in [3.8, 4) is 0 Å². The third kappa shape index (κ3) is 3.31. The molecule has 4 heteroatoms. The molecule has 1 aliphatic heterocycles. The van der Waals surface area contributed by atoms with E-state index in [2.05, 4.69) is 10.2 Å². The van der Waals surface area contributed by atoms with Crippen LogP contribution in [0.1, 0.15) is 45.1 Å². The molecule has 1 saturated carbocycles. The van der Waals surface area contributed by atoms with Crippen LogP contribution in [0.4, 0.5) is 0 Å². The molecule has 0 radical (unpaired) electrons. The molecule has 1 aliphatic carbocycles. The van der Waals surface area contributed by atoms with E-state index in [9.17, 15) is 4.79 Å². The van der Waals surface area contributed by atoms with Crippen LogP contribution in [0.15, 0.2) is 24.3 Å². The summed E-state index contributed by atoms with van der Waals surface area (Å²) in [5, 5.41) is 4.01. The van der Waals surface area contributed by atoms with Crippen LogP contribution in [-0.4, -0.2) is 36.0 Å². The monoisotopic (exact) mass is 320 g/mol. The van der Waals surface area contributed by atoms with E-state index < -0.39 is 5.41 Å². The summed E-state index contributed by atoms with van der Waals surface area (Å²) in [6.07, 6.45) is 4.78. The molecule has 0 bridgehead atoms. The highest BCUT2D eigenvalue weighted by Gasteiger charge is 2.47. The Morgan fingerprint density at radius 1 is 1.32 bits per heavy atom. The van der Waals surface area contributed by atoms with Crippen LogP contribution < -0.4 is 5.32 Å². The Hall–Kier alpha value is -1.06. The Morgan fingerprint density at radius 3 is 2.59 bits per heavy atom. The van der Waals surface area contributed by atoms with Gasteiger partial charge >= 0.3 is 0 Å². The van der Waals surface area contributed by atoms with Gasteiger partial charge in [0, 0.05) is 11.6 Å². The lowest BCUT2D eigenvalue weighted by molar-refractivity contribution is -0.126. The maximum atomic E-state index is 12.8. The van der Waals surface area contributed by atoms with Gasteiger partial charge < -0.3 is 10.2 Å². The SMILES string of the molecule is CC(C)(C(=O)NC1(CN2CCCC2)CC1)c1cccc(Cl)c1. The fraction of sp³-hybridized carbons (Fsp3) is 0.611. The summed E-state index contributed by atoms with van der Waals surface area (Å²) in [5.41, 5.74) is 0.414. The molecule has 0 aromatic heterocycles. The predicted molar refractivity (Wildman–Crippen MR) is 90.3 cm³/mol. The zero-order valence-electron chi connectivity index (χ0n) is 13.5. The van der Waals surface area contributed by atoms with Crippen molar-refractivity contribution in [1.82, 2.24) is 10.2 Å². The minimum Gasteiger partial charge on any atom is -0.349 e. The molecule has 1 heterocycles. The van der Waals surface area contributed by atoms with E-state index in [0.29, 0.717) is 5.02 Å². The quantitative estimate of drug-likeness (QED) is 0.902. The maximum Gasteiger partial charge on any atom is 0.230 e. The summed E-state index contributed by atoms with van der Waals surface area (Å²) in [5.74, 6) is 0.103. The minimum absolute atomic E-state index is 0.0112. The van der Waals surface area contributed by atoms with Crippen LogP contribution in [0, 0.1) is 0 Å². The van der Waals surface area contributed by atoms with Crippen molar-refractivity contribution in [3.63, 3.8) is 0 Å². The molecule has 1 N–H and O–H groups in total. The third-order valence-electron chi connectivity index (χ3n) is 5.07. The highest BCUT2D eigenvalue weighted by atomic mass is 35.5. The molecule has 1 aromatic rings. The average Bonchev–Trinajstić information content (AvgIpc) is 3.02. The van der Waals surface area contributed by atoms with E-state index in [0.717, 1.165) is 24.9 Å². The lowest BCUT2D eigenvalue weighted by atomic mass is 9.83. The van der Waals surface area contributed by atoms with E-state index in [1.54, 1.807) is 0 Å². The summed E-state index contributed by atoms with van der Waals surface area (Å²) in [4.78, 5) is 15.3. The first-order valence-electron chi connectivity index (χ1n) is 8.22. The zero-order valence-corrected chi connectivity index (χ0v) is 14.2. The Morgan fingerprint density at radius 2 is 2.00 bits per heavy atom. The molecule has 0 unspecified atom stereocenters. The van der Waals surface area contributed by atoms with Crippen molar-refractivity contribution < 1.29 is 4.79 Å². The van der Waals surface area contributed by atoms with Crippen LogP contribution in [0.25, 0.3) is 0 Å². The van der Waals surface area contributed by atoms with Gasteiger partial charge in [0.05, 0.1) is 11.0 Å². The highest BCUT2D eigenvalue weighted by Crippen LogP contribution is 2.38. The number of carbonyl (C=O) groups excluding carboxylic acids is 1. The van der Waals surface area contributed by atoms with Gasteiger partial charge in [-0.2, -0.15) is 0 Å². The van der Waals surface area contributed by atoms with Gasteiger partial charge in [-0.1, -0.05) is 23.7 Å². The molecule has 0 atom stereocenters. The summed E-state index contributed by atoms with van der Waals surface area (Å²) in [6.45, 7) is 7.30. The average molecular weight is 321 g/mol. The van der Waals surface area contributed by atoms with Crippen LogP contribution in [0.3, 0.4) is 0 Å². The fourth-order valence-corrected chi connectivity index (χ4v) is 3.44. The number of halogens is 1. The Labute approximate surface area is 138 Å². The molecule has 3 nitrogen and oxygen atoms in total. The number of amides is 1. The molecule has 1 aromatic carbocycles. The van der Waals surface area contributed by atoms with Gasteiger partial charge in [-0.15, -0.1) is 0 Å². The lowest BCUT2D eigenvalue weighted by Crippen LogP contribution is -2.50. The van der Waals surface area contributed by atoms with E-state index in [1.165, 1.54) is 25.9 Å². The fourth-order valence-electron chi connectivity index (χ4n) is 3.25. The van der Waals surface area contributed by atoms with E-state index in [4.69, 9.17) is 11.6 Å². The molecule has 22 heavy (non-hydrogen) atoms. The summed E-state index contributed by atoms with van der Waals surface area (Å²) < 4.78 is 0. The van der Waals surface area contributed by atoms with Crippen molar-refractivity contribution in [1.29, 1.82) is 0 Å². The molecular weight excluding hydrogens is 296 g/mol. The van der Waals surface area contributed by atoms with E-state index >= 15 is 0 Å². The normalized spacial score (nSPS) is 20.9. The van der Waals surface area contributed by atoms with E-state index in [1.807, 2.05) is 38.1 Å². The first kappa shape index (κ1) is 15.8. The van der Waals surface area contributed by atoms with Crippen molar-refractivity contribution in [2.75, 3.05) is 19.6 Å². The third-order valence-corrected chi connectivity index (χ3v) is 5.31. The summed E-state index contributed by atoms with van der Waals surface area (Å²) >= 11 is 6.08. The number of rotatable bonds is 5. The number of nitrogens with zero attached hydrogens (tertiary/aromatic N) is 1. The van der Waals surface area contributed by atoms with Crippen molar-refractivity contribution >= 4 is 17.5 Å². The highest BCUT2D eigenvalue weighted by molar-refractivity contribution is 6.30. The van der Waals surface area contributed by atoms with Gasteiger partial charge in [0.1, 0.15) is 0 Å². The smallest absolute Gasteiger partial charge is 0.230 e. The van der Waals surface area contributed by atoms with Gasteiger partial charge in [0.25, 0.3) is 0 Å². The Balaban J connectivity index is 1.68. The minimum atomic E-state index is -0.564. The maximum absolute atomic E-state index is 12.8. The molecule has 0 spiro atoms. The topological polar surface area (TPSA) is 32.3 Å². The molecule has 2 fully saturated rings. The van der Waals surface area contributed by atoms with Crippen molar-refractivity contribution in [2.24, 2.45) is 0 Å². The number of benzene rings is 1. The molecule has 120 valence electrons. The molecule has 2 aliphatic rings. The Bertz CT molecular complexity index is 560. The largest absolute Gasteiger partial charge is 0.349 e. The number of carbonyl (C=O) groups is 1. The van der Waals surface area contributed by atoms with Crippen LogP contribution in [0.2, 0.25) is 5.02 Å². The van der Waals surface area contributed by atoms with Gasteiger partial charge in [0.15, 0.2) is 0 Å². The second-order valence-electron chi connectivity index (χ2n) is 7.35. The number of likely N-dealkylation sites (tertiary alicyclic amines) is 1. The summed E-state index contributed by atoms with van der Waals surface area (Å²) in [6, 6.07) is 7.62. The van der Waals surface area contributed by atoms with Crippen molar-refractivity contribution in [3.05, 3.63) is 34.9 Å². The standard InChI is InChI=1S/C18H25ClN2O/c1-17(2,14-6-5-7-15(19)12-14)16(22)20-18(8-9-18)13-21-10-3-4-11-21/h5-7,12H,3-4,8-11,13H2,1-2H3,(H,20,22). The lowest BCUT2D eigenvalue weighted by Gasteiger charge is -2.30. The molecule has 3 rings (SSSR count). The second kappa shape index (κ2) is 5.86. The first-order chi connectivity index (χ1) is 10.4. The number of nitrogens with one attached hydrogen (secondary N) is 1. The number of hydrogen-bond donors (Lipinski definition) is 1. The van der Waals surface area contributed by atoms with Gasteiger partial charge in [-0.25, -0.2) is 0 Å². The molecular formula is C18H25ClN2O.